The number of hydrogen-bond donors (Lipinski definition) is 0. The Morgan fingerprint density at radius 3 is 1.32 bits per heavy atom. The molecule has 1 aromatic heterocycles. The number of methoxy groups -OCH3 is 2. The molecule has 0 radical (unpaired) electrons. The number of rotatable bonds is 6. The van der Waals surface area contributed by atoms with Gasteiger partial charge >= 0.3 is 0 Å². The van der Waals surface area contributed by atoms with Crippen molar-refractivity contribution in [3.8, 4) is 11.5 Å². The molecular weight excluding hydrogens is 388 g/mol. The van der Waals surface area contributed by atoms with E-state index in [0.717, 1.165) is 41.9 Å². The highest BCUT2D eigenvalue weighted by Gasteiger charge is 2.10. The lowest BCUT2D eigenvalue weighted by Gasteiger charge is -2.11. The molecule has 28 heavy (non-hydrogen) atoms. The minimum absolute atomic E-state index is 0.853. The van der Waals surface area contributed by atoms with E-state index in [-0.39, 0.29) is 0 Å². The molecule has 0 spiro atoms. The standard InChI is InChI=1S/C22H18N2O2S2/c1-25-15-3-7-17(8-4-15)27-21-11-12-22(20-14-24-23-13-19(20)21)28-18-9-5-16(26-2)6-10-18/h3-14H,1-2H3. The molecule has 0 bridgehead atoms. The van der Waals surface area contributed by atoms with E-state index in [1.807, 2.05) is 36.7 Å². The first-order valence-corrected chi connectivity index (χ1v) is 10.3. The number of hydrogen-bond acceptors (Lipinski definition) is 6. The van der Waals surface area contributed by atoms with Crippen LogP contribution >= 0.6 is 23.5 Å². The third-order valence-electron chi connectivity index (χ3n) is 4.22. The third kappa shape index (κ3) is 4.08. The molecule has 0 aliphatic rings. The molecule has 4 aromatic rings. The Morgan fingerprint density at radius 2 is 0.964 bits per heavy atom. The van der Waals surface area contributed by atoms with Gasteiger partial charge < -0.3 is 9.47 Å². The highest BCUT2D eigenvalue weighted by Crippen LogP contribution is 2.39. The van der Waals surface area contributed by atoms with Crippen molar-refractivity contribution in [1.82, 2.24) is 10.2 Å². The number of benzene rings is 3. The minimum Gasteiger partial charge on any atom is -0.497 e. The molecule has 0 saturated heterocycles. The summed E-state index contributed by atoms with van der Waals surface area (Å²) in [6.07, 6.45) is 3.67. The van der Waals surface area contributed by atoms with Gasteiger partial charge in [-0.1, -0.05) is 23.5 Å². The van der Waals surface area contributed by atoms with E-state index < -0.39 is 0 Å². The number of fused-ring (bicyclic) bond motifs is 1. The third-order valence-corrected chi connectivity index (χ3v) is 6.39. The molecule has 1 heterocycles. The molecule has 140 valence electrons. The molecule has 0 atom stereocenters. The Morgan fingerprint density at radius 1 is 0.571 bits per heavy atom. The van der Waals surface area contributed by atoms with E-state index in [4.69, 9.17) is 9.47 Å². The highest BCUT2D eigenvalue weighted by atomic mass is 32.2. The fourth-order valence-electron chi connectivity index (χ4n) is 2.76. The molecule has 4 nitrogen and oxygen atoms in total. The summed E-state index contributed by atoms with van der Waals surface area (Å²) in [4.78, 5) is 4.59. The van der Waals surface area contributed by atoms with Crippen LogP contribution in [0.3, 0.4) is 0 Å². The van der Waals surface area contributed by atoms with Crippen LogP contribution in [-0.2, 0) is 0 Å². The lowest BCUT2D eigenvalue weighted by molar-refractivity contribution is 0.414. The van der Waals surface area contributed by atoms with Gasteiger partial charge in [-0.15, -0.1) is 0 Å². The van der Waals surface area contributed by atoms with Crippen molar-refractivity contribution in [3.05, 3.63) is 73.1 Å². The molecule has 0 aliphatic heterocycles. The molecule has 0 fully saturated rings. The van der Waals surface area contributed by atoms with Crippen molar-refractivity contribution < 1.29 is 9.47 Å². The predicted molar refractivity (Wildman–Crippen MR) is 114 cm³/mol. The molecule has 0 amide bonds. The van der Waals surface area contributed by atoms with Crippen LogP contribution in [0.25, 0.3) is 10.8 Å². The van der Waals surface area contributed by atoms with Crippen LogP contribution in [-0.4, -0.2) is 24.4 Å². The van der Waals surface area contributed by atoms with E-state index in [1.165, 1.54) is 0 Å². The van der Waals surface area contributed by atoms with Crippen molar-refractivity contribution in [2.24, 2.45) is 0 Å². The van der Waals surface area contributed by atoms with Crippen molar-refractivity contribution in [2.45, 2.75) is 19.6 Å². The normalized spacial score (nSPS) is 10.8. The first-order chi connectivity index (χ1) is 13.8. The van der Waals surface area contributed by atoms with Gasteiger partial charge in [0.1, 0.15) is 11.5 Å². The van der Waals surface area contributed by atoms with Crippen LogP contribution < -0.4 is 9.47 Å². The van der Waals surface area contributed by atoms with Crippen LogP contribution in [0.15, 0.2) is 92.6 Å². The van der Waals surface area contributed by atoms with Gasteiger partial charge in [-0.25, -0.2) is 0 Å². The maximum atomic E-state index is 5.24. The smallest absolute Gasteiger partial charge is 0.118 e. The van der Waals surface area contributed by atoms with Crippen molar-refractivity contribution in [3.63, 3.8) is 0 Å². The quantitative estimate of drug-likeness (QED) is 0.394. The van der Waals surface area contributed by atoms with Gasteiger partial charge in [-0.2, -0.15) is 10.2 Å². The highest BCUT2D eigenvalue weighted by molar-refractivity contribution is 8.00. The van der Waals surface area contributed by atoms with E-state index in [1.54, 1.807) is 37.7 Å². The SMILES string of the molecule is COc1ccc(Sc2ccc(Sc3ccc(OC)cc3)c3cnncc23)cc1. The van der Waals surface area contributed by atoms with Crippen LogP contribution in [0, 0.1) is 0 Å². The van der Waals surface area contributed by atoms with E-state index >= 15 is 0 Å². The topological polar surface area (TPSA) is 44.2 Å². The van der Waals surface area contributed by atoms with E-state index in [0.29, 0.717) is 0 Å². The Labute approximate surface area is 172 Å². The molecule has 0 N–H and O–H groups in total. The van der Waals surface area contributed by atoms with Crippen LogP contribution in [0.2, 0.25) is 0 Å². The summed E-state index contributed by atoms with van der Waals surface area (Å²) < 4.78 is 10.5. The van der Waals surface area contributed by atoms with Gasteiger partial charge in [0.05, 0.1) is 26.6 Å². The van der Waals surface area contributed by atoms with E-state index in [2.05, 4.69) is 46.6 Å². The van der Waals surface area contributed by atoms with Gasteiger partial charge in [-0.05, 0) is 60.7 Å². The summed E-state index contributed by atoms with van der Waals surface area (Å²) in [6.45, 7) is 0. The second-order valence-corrected chi connectivity index (χ2v) is 8.16. The second-order valence-electron chi connectivity index (χ2n) is 5.93. The van der Waals surface area contributed by atoms with Gasteiger partial charge in [0, 0.05) is 30.4 Å². The maximum Gasteiger partial charge on any atom is 0.118 e. The zero-order valence-electron chi connectivity index (χ0n) is 15.5. The maximum absolute atomic E-state index is 5.24. The summed E-state index contributed by atoms with van der Waals surface area (Å²) in [5, 5.41) is 10.4. The molecule has 0 unspecified atom stereocenters. The average Bonchev–Trinajstić information content (AvgIpc) is 2.76. The Bertz CT molecular complexity index is 996. The zero-order valence-corrected chi connectivity index (χ0v) is 17.1. The fourth-order valence-corrected chi connectivity index (χ4v) is 4.63. The minimum atomic E-state index is 0.853. The average molecular weight is 407 g/mol. The molecule has 4 rings (SSSR count). The summed E-state index contributed by atoms with van der Waals surface area (Å²) >= 11 is 3.41. The molecule has 0 saturated carbocycles. The summed E-state index contributed by atoms with van der Waals surface area (Å²) in [5.41, 5.74) is 0. The monoisotopic (exact) mass is 406 g/mol. The fraction of sp³-hybridized carbons (Fsp3) is 0.0909. The molecule has 6 heteroatoms. The molecular formula is C22H18N2O2S2. The summed E-state index contributed by atoms with van der Waals surface area (Å²) in [5.74, 6) is 1.71. The lowest BCUT2D eigenvalue weighted by atomic mass is 10.2. The summed E-state index contributed by atoms with van der Waals surface area (Å²) in [7, 11) is 3.35. The first-order valence-electron chi connectivity index (χ1n) is 8.64. The summed E-state index contributed by atoms with van der Waals surface area (Å²) in [6, 6.07) is 20.4. The van der Waals surface area contributed by atoms with Crippen LogP contribution in [0.4, 0.5) is 0 Å². The first kappa shape index (κ1) is 18.7. The predicted octanol–water partition coefficient (Wildman–Crippen LogP) is 5.95. The van der Waals surface area contributed by atoms with Gasteiger partial charge in [0.25, 0.3) is 0 Å². The molecule has 3 aromatic carbocycles. The van der Waals surface area contributed by atoms with Gasteiger partial charge in [-0.3, -0.25) is 0 Å². The Kier molecular flexibility index (Phi) is 5.69. The Hall–Kier alpha value is -2.70. The largest absolute Gasteiger partial charge is 0.497 e. The van der Waals surface area contributed by atoms with Crippen molar-refractivity contribution in [2.75, 3.05) is 14.2 Å². The van der Waals surface area contributed by atoms with Crippen LogP contribution in [0.5, 0.6) is 11.5 Å². The number of ether oxygens (including phenoxy) is 2. The van der Waals surface area contributed by atoms with Gasteiger partial charge in [0.15, 0.2) is 0 Å². The zero-order chi connectivity index (χ0) is 19.3. The Balaban J connectivity index is 1.65. The van der Waals surface area contributed by atoms with Crippen molar-refractivity contribution in [1.29, 1.82) is 0 Å². The van der Waals surface area contributed by atoms with Crippen LogP contribution in [0.1, 0.15) is 0 Å². The van der Waals surface area contributed by atoms with E-state index in [9.17, 15) is 0 Å². The molecule has 0 aliphatic carbocycles. The number of aromatic nitrogens is 2. The lowest BCUT2D eigenvalue weighted by Crippen LogP contribution is -1.87. The second kappa shape index (κ2) is 8.54. The van der Waals surface area contributed by atoms with Crippen molar-refractivity contribution >= 4 is 34.3 Å². The number of nitrogens with zero attached hydrogens (tertiary/aromatic N) is 2. The van der Waals surface area contributed by atoms with Gasteiger partial charge in [0.2, 0.25) is 0 Å².